The molecule has 0 fully saturated rings. The number of fused-ring (bicyclic) bond motifs is 1. The zero-order chi connectivity index (χ0) is 23.8. The molecule has 0 aliphatic carbocycles. The monoisotopic (exact) mass is 449 g/mol. The number of allylic oxidation sites excluding steroid dienone is 1. The number of rotatable bonds is 10. The molecule has 1 aliphatic rings. The lowest BCUT2D eigenvalue weighted by Gasteiger charge is -2.29. The van der Waals surface area contributed by atoms with Gasteiger partial charge in [-0.15, -0.1) is 0 Å². The minimum absolute atomic E-state index is 0.142. The van der Waals surface area contributed by atoms with Crippen LogP contribution in [0.3, 0.4) is 0 Å². The van der Waals surface area contributed by atoms with Gasteiger partial charge in [-0.3, -0.25) is 4.99 Å². The molecule has 2 aromatic rings. The van der Waals surface area contributed by atoms with Crippen LogP contribution in [0.4, 0.5) is 11.4 Å². The highest BCUT2D eigenvalue weighted by atomic mass is 16.5. The standard InChI is InChI=1S/C26H31N3O4/c1-18(23(26(31)32)10-13-27-2)28-17-20-12-15-33-25-16-22(8-9-24(20)25)29(3)21-6-4-19(5-7-21)11-14-30/h4-10,13,16,20,28,30H,2,11-12,14-15,17H2,1,3H3,(H,31,32)/b13-10-,23-18-/t20-/m0/s1. The first-order chi connectivity index (χ1) is 15.9. The van der Waals surface area contributed by atoms with Gasteiger partial charge in [-0.1, -0.05) is 18.2 Å². The van der Waals surface area contributed by atoms with Gasteiger partial charge in [-0.05, 0) is 61.9 Å². The van der Waals surface area contributed by atoms with Crippen molar-refractivity contribution in [3.8, 4) is 5.75 Å². The second-order valence-corrected chi connectivity index (χ2v) is 7.98. The molecule has 1 aliphatic heterocycles. The van der Waals surface area contributed by atoms with E-state index in [2.05, 4.69) is 34.1 Å². The second-order valence-electron chi connectivity index (χ2n) is 7.98. The third-order valence-corrected chi connectivity index (χ3v) is 5.87. The summed E-state index contributed by atoms with van der Waals surface area (Å²) in [5.41, 5.74) is 5.02. The average molecular weight is 450 g/mol. The van der Waals surface area contributed by atoms with Gasteiger partial charge in [0.15, 0.2) is 0 Å². The summed E-state index contributed by atoms with van der Waals surface area (Å²) in [6, 6.07) is 14.4. The summed E-state index contributed by atoms with van der Waals surface area (Å²) in [5.74, 6) is 0.0480. The van der Waals surface area contributed by atoms with E-state index >= 15 is 0 Å². The maximum Gasteiger partial charge on any atom is 0.337 e. The Hall–Kier alpha value is -3.58. The Morgan fingerprint density at radius 2 is 2.00 bits per heavy atom. The lowest BCUT2D eigenvalue weighted by molar-refractivity contribution is -0.132. The zero-order valence-corrected chi connectivity index (χ0v) is 19.1. The topological polar surface area (TPSA) is 94.4 Å². The molecule has 3 rings (SSSR count). The van der Waals surface area contributed by atoms with Crippen LogP contribution in [0.1, 0.15) is 30.4 Å². The maximum atomic E-state index is 11.5. The number of ether oxygens (including phenoxy) is 1. The van der Waals surface area contributed by atoms with Crippen LogP contribution in [0, 0.1) is 0 Å². The largest absolute Gasteiger partial charge is 0.493 e. The Morgan fingerprint density at radius 3 is 2.67 bits per heavy atom. The number of aliphatic carboxylic acids is 1. The Kier molecular flexibility index (Phi) is 8.27. The summed E-state index contributed by atoms with van der Waals surface area (Å²) < 4.78 is 5.96. The van der Waals surface area contributed by atoms with Crippen molar-refractivity contribution in [2.24, 2.45) is 4.99 Å². The number of hydrogen-bond acceptors (Lipinski definition) is 6. The summed E-state index contributed by atoms with van der Waals surface area (Å²) in [7, 11) is 2.01. The van der Waals surface area contributed by atoms with E-state index < -0.39 is 5.97 Å². The number of carbonyl (C=O) groups is 1. The highest BCUT2D eigenvalue weighted by Crippen LogP contribution is 2.37. The molecule has 3 N–H and O–H groups in total. The Labute approximate surface area is 194 Å². The molecule has 0 amide bonds. The quantitative estimate of drug-likeness (QED) is 0.288. The number of aliphatic hydroxyl groups excluding tert-OH is 1. The van der Waals surface area contributed by atoms with Gasteiger partial charge in [-0.25, -0.2) is 4.79 Å². The zero-order valence-electron chi connectivity index (χ0n) is 19.1. The molecule has 0 radical (unpaired) electrons. The second kappa shape index (κ2) is 11.3. The van der Waals surface area contributed by atoms with E-state index in [0.29, 0.717) is 25.3 Å². The van der Waals surface area contributed by atoms with Gasteiger partial charge in [0, 0.05) is 55.5 Å². The van der Waals surface area contributed by atoms with E-state index in [9.17, 15) is 9.90 Å². The van der Waals surface area contributed by atoms with Gasteiger partial charge in [-0.2, -0.15) is 0 Å². The first-order valence-corrected chi connectivity index (χ1v) is 10.9. The van der Waals surface area contributed by atoms with Gasteiger partial charge in [0.2, 0.25) is 0 Å². The fourth-order valence-electron chi connectivity index (χ4n) is 3.89. The highest BCUT2D eigenvalue weighted by Gasteiger charge is 2.23. The number of aliphatic hydroxyl groups is 1. The third kappa shape index (κ3) is 6.02. The van der Waals surface area contributed by atoms with Crippen molar-refractivity contribution in [1.29, 1.82) is 0 Å². The normalized spacial score (nSPS) is 15.9. The fraction of sp³-hybridized carbons (Fsp3) is 0.308. The number of aliphatic imine (C=N–C) groups is 1. The van der Waals surface area contributed by atoms with Crippen LogP contribution in [0.25, 0.3) is 0 Å². The van der Waals surface area contributed by atoms with Gasteiger partial charge in [0.1, 0.15) is 5.75 Å². The van der Waals surface area contributed by atoms with E-state index in [4.69, 9.17) is 9.84 Å². The van der Waals surface area contributed by atoms with Crippen LogP contribution in [-0.2, 0) is 11.2 Å². The van der Waals surface area contributed by atoms with E-state index in [1.807, 2.05) is 37.4 Å². The number of hydrogen-bond donors (Lipinski definition) is 3. The molecule has 0 bridgehead atoms. The van der Waals surface area contributed by atoms with Crippen LogP contribution in [0.2, 0.25) is 0 Å². The number of benzene rings is 2. The Balaban J connectivity index is 1.75. The minimum atomic E-state index is -1.01. The predicted molar refractivity (Wildman–Crippen MR) is 132 cm³/mol. The molecule has 174 valence electrons. The predicted octanol–water partition coefficient (Wildman–Crippen LogP) is 4.02. The van der Waals surface area contributed by atoms with E-state index in [1.165, 1.54) is 12.3 Å². The molecule has 7 nitrogen and oxygen atoms in total. The van der Waals surface area contributed by atoms with Crippen molar-refractivity contribution in [3.63, 3.8) is 0 Å². The molecule has 33 heavy (non-hydrogen) atoms. The first-order valence-electron chi connectivity index (χ1n) is 10.9. The average Bonchev–Trinajstić information content (AvgIpc) is 2.82. The molecular formula is C26H31N3O4. The number of carboxylic acids is 1. The van der Waals surface area contributed by atoms with Crippen LogP contribution in [-0.4, -0.2) is 49.7 Å². The summed E-state index contributed by atoms with van der Waals surface area (Å²) in [5, 5.41) is 21.8. The molecule has 0 aromatic heterocycles. The summed E-state index contributed by atoms with van der Waals surface area (Å²) in [6.07, 6.45) is 4.31. The van der Waals surface area contributed by atoms with Crippen molar-refractivity contribution in [2.75, 3.05) is 31.7 Å². The third-order valence-electron chi connectivity index (χ3n) is 5.87. The van der Waals surface area contributed by atoms with Gasteiger partial charge in [0.05, 0.1) is 12.2 Å². The molecule has 7 heteroatoms. The van der Waals surface area contributed by atoms with Crippen molar-refractivity contribution in [3.05, 3.63) is 77.1 Å². The molecule has 0 saturated carbocycles. The van der Waals surface area contributed by atoms with E-state index in [1.54, 1.807) is 6.92 Å². The van der Waals surface area contributed by atoms with E-state index in [-0.39, 0.29) is 18.1 Å². The van der Waals surface area contributed by atoms with Crippen LogP contribution in [0.15, 0.2) is 71.0 Å². The summed E-state index contributed by atoms with van der Waals surface area (Å²) in [6.45, 7) is 6.45. The number of anilines is 2. The smallest absolute Gasteiger partial charge is 0.337 e. The van der Waals surface area contributed by atoms with Crippen LogP contribution < -0.4 is 15.0 Å². The fourth-order valence-corrected chi connectivity index (χ4v) is 3.89. The molecule has 1 heterocycles. The lowest BCUT2D eigenvalue weighted by atomic mass is 9.92. The molecule has 0 spiro atoms. The highest BCUT2D eigenvalue weighted by molar-refractivity contribution is 5.90. The summed E-state index contributed by atoms with van der Waals surface area (Å²) >= 11 is 0. The minimum Gasteiger partial charge on any atom is -0.493 e. The van der Waals surface area contributed by atoms with Crippen molar-refractivity contribution < 1.29 is 19.7 Å². The molecule has 0 saturated heterocycles. The Morgan fingerprint density at radius 1 is 1.27 bits per heavy atom. The summed E-state index contributed by atoms with van der Waals surface area (Å²) in [4.78, 5) is 17.2. The maximum absolute atomic E-state index is 11.5. The molecular weight excluding hydrogens is 418 g/mol. The van der Waals surface area contributed by atoms with Gasteiger partial charge >= 0.3 is 5.97 Å². The van der Waals surface area contributed by atoms with Crippen molar-refractivity contribution in [2.45, 2.75) is 25.7 Å². The van der Waals surface area contributed by atoms with E-state index in [0.717, 1.165) is 34.7 Å². The molecule has 1 atom stereocenters. The molecule has 2 aromatic carbocycles. The van der Waals surface area contributed by atoms with Gasteiger partial charge in [0.25, 0.3) is 0 Å². The van der Waals surface area contributed by atoms with Crippen LogP contribution in [0.5, 0.6) is 5.75 Å². The number of nitrogens with zero attached hydrogens (tertiary/aromatic N) is 2. The van der Waals surface area contributed by atoms with Crippen molar-refractivity contribution in [1.82, 2.24) is 5.32 Å². The van der Waals surface area contributed by atoms with Crippen molar-refractivity contribution >= 4 is 24.1 Å². The molecule has 0 unspecified atom stereocenters. The lowest BCUT2D eigenvalue weighted by Crippen LogP contribution is -2.26. The number of nitrogens with one attached hydrogen (secondary N) is 1. The first kappa shape index (κ1) is 24.1. The number of carboxylic acid groups (broad SMARTS) is 1. The van der Waals surface area contributed by atoms with Crippen LogP contribution >= 0.6 is 0 Å². The SMILES string of the molecule is C=N/C=C\C(C(=O)O)=C(/C)NC[C@@H]1CCOc2cc(N(C)c3ccc(CCO)cc3)ccc21. The Bertz CT molecular complexity index is 1040. The van der Waals surface area contributed by atoms with Gasteiger partial charge < -0.3 is 25.2 Å².